The third kappa shape index (κ3) is 5.73. The van der Waals surface area contributed by atoms with Crippen LogP contribution in [0.4, 0.5) is 24.8 Å². The van der Waals surface area contributed by atoms with E-state index in [4.69, 9.17) is 0 Å². The molecule has 0 aliphatic heterocycles. The van der Waals surface area contributed by atoms with Crippen LogP contribution in [0.3, 0.4) is 0 Å². The van der Waals surface area contributed by atoms with Gasteiger partial charge in [-0.1, -0.05) is 12.0 Å². The molecule has 30 heavy (non-hydrogen) atoms. The van der Waals surface area contributed by atoms with E-state index >= 15 is 0 Å². The Kier molecular flexibility index (Phi) is 5.69. The predicted octanol–water partition coefficient (Wildman–Crippen LogP) is 4.80. The number of anilines is 2. The van der Waals surface area contributed by atoms with E-state index in [-0.39, 0.29) is 28.7 Å². The minimum absolute atomic E-state index is 0.0563. The van der Waals surface area contributed by atoms with Crippen LogP contribution in [0.1, 0.15) is 38.0 Å². The van der Waals surface area contributed by atoms with Crippen molar-refractivity contribution in [2.24, 2.45) is 5.41 Å². The molecule has 0 fully saturated rings. The Morgan fingerprint density at radius 3 is 2.40 bits per heavy atom. The lowest BCUT2D eigenvalue weighted by Gasteiger charge is -2.10. The maximum absolute atomic E-state index is 12.9. The third-order valence-corrected chi connectivity index (χ3v) is 3.61. The van der Waals surface area contributed by atoms with Crippen LogP contribution in [-0.4, -0.2) is 24.9 Å². The Morgan fingerprint density at radius 2 is 1.73 bits per heavy atom. The Bertz CT molecular complexity index is 1120. The highest BCUT2D eigenvalue weighted by molar-refractivity contribution is 5.57. The van der Waals surface area contributed by atoms with Gasteiger partial charge in [0.1, 0.15) is 11.4 Å². The zero-order chi connectivity index (χ0) is 21.9. The number of hydrogen-bond donors (Lipinski definition) is 1. The smallest absolute Gasteiger partial charge is 0.324 e. The van der Waals surface area contributed by atoms with Crippen molar-refractivity contribution in [1.29, 1.82) is 0 Å². The quantitative estimate of drug-likeness (QED) is 0.623. The first-order valence-corrected chi connectivity index (χ1v) is 9.03. The molecular formula is C21H19F3N6. The van der Waals surface area contributed by atoms with Crippen LogP contribution in [0, 0.1) is 24.2 Å². The summed E-state index contributed by atoms with van der Waals surface area (Å²) in [6.45, 7) is 7.66. The molecule has 9 heteroatoms. The largest absolute Gasteiger partial charge is 0.433 e. The molecule has 3 rings (SSSR count). The second kappa shape index (κ2) is 8.06. The van der Waals surface area contributed by atoms with Crippen LogP contribution in [-0.2, 0) is 6.18 Å². The van der Waals surface area contributed by atoms with Crippen molar-refractivity contribution in [1.82, 2.24) is 24.9 Å². The molecule has 6 nitrogen and oxygen atoms in total. The molecule has 154 valence electrons. The summed E-state index contributed by atoms with van der Waals surface area (Å²) < 4.78 is 38.8. The Hall–Kier alpha value is -3.54. The van der Waals surface area contributed by atoms with Gasteiger partial charge in [-0.2, -0.15) is 28.1 Å². The van der Waals surface area contributed by atoms with Gasteiger partial charge in [0.15, 0.2) is 5.82 Å². The van der Waals surface area contributed by atoms with Gasteiger partial charge >= 0.3 is 6.18 Å². The van der Waals surface area contributed by atoms with Crippen molar-refractivity contribution in [2.75, 3.05) is 5.32 Å². The first kappa shape index (κ1) is 21.2. The van der Waals surface area contributed by atoms with E-state index in [0.717, 1.165) is 18.0 Å². The van der Waals surface area contributed by atoms with Crippen LogP contribution >= 0.6 is 0 Å². The molecule has 1 N–H and O–H groups in total. The van der Waals surface area contributed by atoms with Gasteiger partial charge in [-0.05, 0) is 57.9 Å². The van der Waals surface area contributed by atoms with Crippen molar-refractivity contribution in [2.45, 2.75) is 33.9 Å². The summed E-state index contributed by atoms with van der Waals surface area (Å²) >= 11 is 0. The van der Waals surface area contributed by atoms with Crippen molar-refractivity contribution >= 4 is 11.6 Å². The molecule has 0 saturated carbocycles. The number of pyridine rings is 2. The summed E-state index contributed by atoms with van der Waals surface area (Å²) in [5.74, 6) is 6.44. The Labute approximate surface area is 172 Å². The summed E-state index contributed by atoms with van der Waals surface area (Å²) in [7, 11) is 0. The monoisotopic (exact) mass is 412 g/mol. The number of alkyl halides is 3. The van der Waals surface area contributed by atoms with E-state index in [2.05, 4.69) is 42.1 Å². The van der Waals surface area contributed by atoms with E-state index in [1.807, 2.05) is 39.8 Å². The second-order valence-corrected chi connectivity index (χ2v) is 7.52. The fourth-order valence-electron chi connectivity index (χ4n) is 2.31. The molecule has 0 saturated heterocycles. The number of aryl methyl sites for hydroxylation is 1. The number of hydrogen-bond acceptors (Lipinski definition) is 6. The van der Waals surface area contributed by atoms with Crippen LogP contribution in [0.2, 0.25) is 0 Å². The minimum atomic E-state index is -4.56. The van der Waals surface area contributed by atoms with E-state index in [0.29, 0.717) is 5.69 Å². The van der Waals surface area contributed by atoms with Gasteiger partial charge in [0, 0.05) is 23.0 Å². The molecule has 0 amide bonds. The lowest BCUT2D eigenvalue weighted by atomic mass is 9.98. The number of nitrogens with zero attached hydrogens (tertiary/aromatic N) is 5. The fourth-order valence-corrected chi connectivity index (χ4v) is 2.31. The van der Waals surface area contributed by atoms with E-state index in [9.17, 15) is 13.2 Å². The van der Waals surface area contributed by atoms with E-state index in [1.54, 1.807) is 6.07 Å². The van der Waals surface area contributed by atoms with Gasteiger partial charge in [0.05, 0.1) is 0 Å². The van der Waals surface area contributed by atoms with Crippen LogP contribution in [0.25, 0.3) is 11.5 Å². The first-order valence-electron chi connectivity index (χ1n) is 9.03. The molecule has 0 unspecified atom stereocenters. The molecule has 3 aromatic rings. The van der Waals surface area contributed by atoms with Crippen molar-refractivity contribution in [3.05, 3.63) is 53.7 Å². The van der Waals surface area contributed by atoms with Gasteiger partial charge in [-0.3, -0.25) is 4.98 Å². The van der Waals surface area contributed by atoms with Gasteiger partial charge in [-0.15, -0.1) is 0 Å². The molecule has 0 aliphatic carbocycles. The van der Waals surface area contributed by atoms with Gasteiger partial charge in [0.2, 0.25) is 11.8 Å². The molecule has 0 aromatic carbocycles. The third-order valence-electron chi connectivity index (χ3n) is 3.61. The van der Waals surface area contributed by atoms with Crippen molar-refractivity contribution in [3.8, 4) is 23.4 Å². The predicted molar refractivity (Wildman–Crippen MR) is 107 cm³/mol. The lowest BCUT2D eigenvalue weighted by Crippen LogP contribution is -2.09. The maximum Gasteiger partial charge on any atom is 0.433 e. The summed E-state index contributed by atoms with van der Waals surface area (Å²) in [6, 6.07) is 7.66. The van der Waals surface area contributed by atoms with Crippen LogP contribution < -0.4 is 5.32 Å². The van der Waals surface area contributed by atoms with E-state index < -0.39 is 11.9 Å². The molecule has 0 radical (unpaired) electrons. The molecule has 3 heterocycles. The average Bonchev–Trinajstić information content (AvgIpc) is 2.65. The molecular weight excluding hydrogens is 393 g/mol. The average molecular weight is 412 g/mol. The highest BCUT2D eigenvalue weighted by atomic mass is 19.4. The summed E-state index contributed by atoms with van der Waals surface area (Å²) in [5, 5.41) is 2.78. The first-order chi connectivity index (χ1) is 14.0. The number of rotatable bonds is 3. The fraction of sp³-hybridized carbons (Fsp3) is 0.286. The normalized spacial score (nSPS) is 11.6. The lowest BCUT2D eigenvalue weighted by molar-refractivity contribution is -0.141. The molecule has 0 spiro atoms. The summed E-state index contributed by atoms with van der Waals surface area (Å²) in [4.78, 5) is 20.7. The zero-order valence-corrected chi connectivity index (χ0v) is 16.8. The Balaban J connectivity index is 2.05. The molecule has 0 bridgehead atoms. The van der Waals surface area contributed by atoms with E-state index in [1.165, 1.54) is 6.07 Å². The number of halogens is 3. The summed E-state index contributed by atoms with van der Waals surface area (Å²) in [6.07, 6.45) is -3.49. The highest BCUT2D eigenvalue weighted by Crippen LogP contribution is 2.29. The zero-order valence-electron chi connectivity index (χ0n) is 16.8. The van der Waals surface area contributed by atoms with Crippen molar-refractivity contribution < 1.29 is 13.2 Å². The van der Waals surface area contributed by atoms with Gasteiger partial charge < -0.3 is 5.32 Å². The molecule has 0 atom stereocenters. The molecule has 3 aromatic heterocycles. The SMILES string of the molecule is Cc1cccc(-c2nc(C#CC(C)(C)C)nc(Nc3ccnc(C(F)(F)F)c3)n2)n1. The van der Waals surface area contributed by atoms with Crippen LogP contribution in [0.5, 0.6) is 0 Å². The van der Waals surface area contributed by atoms with Crippen molar-refractivity contribution in [3.63, 3.8) is 0 Å². The van der Waals surface area contributed by atoms with Crippen LogP contribution in [0.15, 0.2) is 36.5 Å². The number of nitrogens with one attached hydrogen (secondary N) is 1. The number of aromatic nitrogens is 5. The topological polar surface area (TPSA) is 76.5 Å². The minimum Gasteiger partial charge on any atom is -0.324 e. The van der Waals surface area contributed by atoms with Gasteiger partial charge in [-0.25, -0.2) is 4.98 Å². The summed E-state index contributed by atoms with van der Waals surface area (Å²) in [5.41, 5.74) is 0.115. The Morgan fingerprint density at radius 1 is 0.967 bits per heavy atom. The maximum atomic E-state index is 12.9. The second-order valence-electron chi connectivity index (χ2n) is 7.52. The molecule has 0 aliphatic rings. The van der Waals surface area contributed by atoms with Gasteiger partial charge in [0.25, 0.3) is 0 Å². The standard InChI is InChI=1S/C21H19F3N6/c1-13-6-5-7-15(26-13)18-28-17(8-10-20(2,3)4)29-19(30-18)27-14-9-11-25-16(12-14)21(22,23)24/h5-7,9,11-12H,1-4H3,(H,25,27,28,29,30). The highest BCUT2D eigenvalue weighted by Gasteiger charge is 2.32.